The predicted molar refractivity (Wildman–Crippen MR) is 109 cm³/mol. The summed E-state index contributed by atoms with van der Waals surface area (Å²) in [5.41, 5.74) is 2.98. The van der Waals surface area contributed by atoms with Gasteiger partial charge in [-0.3, -0.25) is 4.79 Å². The lowest BCUT2D eigenvalue weighted by Gasteiger charge is -2.03. The third kappa shape index (κ3) is 3.05. The molecule has 0 spiro atoms. The number of rotatable bonds is 4. The molecular weight excluding hydrogens is 406 g/mol. The molecule has 0 aliphatic carbocycles. The van der Waals surface area contributed by atoms with Crippen molar-refractivity contribution in [1.82, 2.24) is 34.6 Å². The predicted octanol–water partition coefficient (Wildman–Crippen LogP) is 2.89. The zero-order valence-corrected chi connectivity index (χ0v) is 16.5. The Labute approximate surface area is 174 Å². The van der Waals surface area contributed by atoms with Crippen molar-refractivity contribution in [3.63, 3.8) is 0 Å². The van der Waals surface area contributed by atoms with Gasteiger partial charge in [-0.15, -0.1) is 15.3 Å². The number of ether oxygens (including phenoxy) is 1. The first-order valence-corrected chi connectivity index (χ1v) is 9.41. The van der Waals surface area contributed by atoms with Crippen LogP contribution in [0.1, 0.15) is 5.69 Å². The zero-order chi connectivity index (χ0) is 20.7. The summed E-state index contributed by atoms with van der Waals surface area (Å²) in [6, 6.07) is 16.7. The summed E-state index contributed by atoms with van der Waals surface area (Å²) < 4.78 is 8.02. The minimum absolute atomic E-state index is 0.0476. The second-order valence-electron chi connectivity index (χ2n) is 6.47. The monoisotopic (exact) mass is 419 g/mol. The average molecular weight is 420 g/mol. The van der Waals surface area contributed by atoms with Crippen LogP contribution in [0, 0.1) is 0 Å². The van der Waals surface area contributed by atoms with E-state index >= 15 is 0 Å². The first kappa shape index (κ1) is 18.2. The van der Waals surface area contributed by atoms with E-state index in [1.54, 1.807) is 21.3 Å². The standard InChI is InChI=1S/C20H14ClN7O2/c1-30-16(29)11-15-17-19(27(25-15)14-9-7-13(21)8-10-14)28-20(24-23-17)22-18(26-28)12-5-3-2-4-6-12/h2-10H,11H2,1H3. The van der Waals surface area contributed by atoms with E-state index in [0.29, 0.717) is 33.5 Å². The van der Waals surface area contributed by atoms with Crippen LogP contribution in [0.2, 0.25) is 5.02 Å². The van der Waals surface area contributed by atoms with Crippen LogP contribution in [0.5, 0.6) is 0 Å². The molecule has 0 fully saturated rings. The highest BCUT2D eigenvalue weighted by Crippen LogP contribution is 2.24. The normalized spacial score (nSPS) is 11.3. The van der Waals surface area contributed by atoms with E-state index < -0.39 is 5.97 Å². The van der Waals surface area contributed by atoms with Crippen molar-refractivity contribution in [3.05, 3.63) is 65.3 Å². The summed E-state index contributed by atoms with van der Waals surface area (Å²) in [7, 11) is 1.33. The molecule has 0 radical (unpaired) electrons. The van der Waals surface area contributed by atoms with Crippen LogP contribution >= 0.6 is 11.6 Å². The Bertz CT molecular complexity index is 1380. The molecule has 5 aromatic rings. The number of hydrogen-bond acceptors (Lipinski definition) is 7. The van der Waals surface area contributed by atoms with E-state index in [0.717, 1.165) is 11.3 Å². The third-order valence-electron chi connectivity index (χ3n) is 4.58. The largest absolute Gasteiger partial charge is 0.469 e. The van der Waals surface area contributed by atoms with Crippen LogP contribution in [-0.4, -0.2) is 47.7 Å². The number of carbonyl (C=O) groups excluding carboxylic acids is 1. The molecular formula is C20H14ClN7O2. The van der Waals surface area contributed by atoms with Gasteiger partial charge in [0.05, 0.1) is 19.2 Å². The number of fused-ring (bicyclic) bond motifs is 3. The Kier molecular flexibility index (Phi) is 4.36. The van der Waals surface area contributed by atoms with Crippen LogP contribution in [0.25, 0.3) is 34.0 Å². The molecule has 0 amide bonds. The van der Waals surface area contributed by atoms with Crippen LogP contribution in [0.4, 0.5) is 0 Å². The molecule has 5 rings (SSSR count). The maximum absolute atomic E-state index is 11.9. The molecule has 0 unspecified atom stereocenters. The third-order valence-corrected chi connectivity index (χ3v) is 4.83. The molecule has 2 aromatic carbocycles. The van der Waals surface area contributed by atoms with Crippen molar-refractivity contribution in [3.8, 4) is 17.1 Å². The molecule has 0 aliphatic rings. The van der Waals surface area contributed by atoms with Crippen molar-refractivity contribution >= 4 is 34.5 Å². The number of nitrogens with zero attached hydrogens (tertiary/aromatic N) is 7. The Balaban J connectivity index is 1.78. The number of hydrogen-bond donors (Lipinski definition) is 0. The average Bonchev–Trinajstić information content (AvgIpc) is 3.36. The summed E-state index contributed by atoms with van der Waals surface area (Å²) in [5, 5.41) is 18.3. The van der Waals surface area contributed by atoms with E-state index in [-0.39, 0.29) is 6.42 Å². The molecule has 0 bridgehead atoms. The number of methoxy groups -OCH3 is 1. The van der Waals surface area contributed by atoms with Crippen LogP contribution in [0.3, 0.4) is 0 Å². The number of aromatic nitrogens is 7. The highest BCUT2D eigenvalue weighted by molar-refractivity contribution is 6.30. The molecule has 30 heavy (non-hydrogen) atoms. The Hall–Kier alpha value is -3.85. The first-order valence-electron chi connectivity index (χ1n) is 9.03. The second kappa shape index (κ2) is 7.20. The summed E-state index contributed by atoms with van der Waals surface area (Å²) in [6.45, 7) is 0. The summed E-state index contributed by atoms with van der Waals surface area (Å²) >= 11 is 6.04. The second-order valence-corrected chi connectivity index (χ2v) is 6.91. The highest BCUT2D eigenvalue weighted by Gasteiger charge is 2.22. The zero-order valence-electron chi connectivity index (χ0n) is 15.7. The lowest BCUT2D eigenvalue weighted by atomic mass is 10.2. The van der Waals surface area contributed by atoms with Crippen molar-refractivity contribution in [2.75, 3.05) is 7.11 Å². The van der Waals surface area contributed by atoms with E-state index in [1.807, 2.05) is 42.5 Å². The minimum atomic E-state index is -0.428. The summed E-state index contributed by atoms with van der Waals surface area (Å²) in [5.74, 6) is 0.403. The molecule has 0 saturated carbocycles. The SMILES string of the molecule is COC(=O)Cc1nn(-c2ccc(Cl)cc2)c2c1nnc1nc(-c3ccccc3)nn12. The fourth-order valence-corrected chi connectivity index (χ4v) is 3.27. The Morgan fingerprint density at radius 3 is 2.53 bits per heavy atom. The lowest BCUT2D eigenvalue weighted by molar-refractivity contribution is -0.139. The smallest absolute Gasteiger partial charge is 0.311 e. The molecule has 0 aliphatic heterocycles. The molecule has 148 valence electrons. The van der Waals surface area contributed by atoms with Crippen molar-refractivity contribution < 1.29 is 9.53 Å². The van der Waals surface area contributed by atoms with Gasteiger partial charge in [-0.05, 0) is 24.3 Å². The van der Waals surface area contributed by atoms with Gasteiger partial charge in [0.1, 0.15) is 5.69 Å². The maximum Gasteiger partial charge on any atom is 0.311 e. The minimum Gasteiger partial charge on any atom is -0.469 e. The number of carbonyl (C=O) groups is 1. The van der Waals surface area contributed by atoms with Gasteiger partial charge in [-0.1, -0.05) is 41.9 Å². The van der Waals surface area contributed by atoms with Crippen molar-refractivity contribution in [2.45, 2.75) is 6.42 Å². The van der Waals surface area contributed by atoms with Crippen molar-refractivity contribution in [2.24, 2.45) is 0 Å². The van der Waals surface area contributed by atoms with Crippen LogP contribution in [-0.2, 0) is 16.0 Å². The highest BCUT2D eigenvalue weighted by atomic mass is 35.5. The number of benzene rings is 2. The van der Waals surface area contributed by atoms with Gasteiger partial charge in [0.15, 0.2) is 17.0 Å². The van der Waals surface area contributed by atoms with Gasteiger partial charge in [0.25, 0.3) is 5.78 Å². The fraction of sp³-hybridized carbons (Fsp3) is 0.100. The number of esters is 1. The quantitative estimate of drug-likeness (QED) is 0.413. The maximum atomic E-state index is 11.9. The van der Waals surface area contributed by atoms with Gasteiger partial charge < -0.3 is 4.74 Å². The van der Waals surface area contributed by atoms with Crippen LogP contribution in [0.15, 0.2) is 54.6 Å². The summed E-state index contributed by atoms with van der Waals surface area (Å²) in [4.78, 5) is 16.4. The van der Waals surface area contributed by atoms with E-state index in [4.69, 9.17) is 16.3 Å². The van der Waals surface area contributed by atoms with Crippen LogP contribution < -0.4 is 0 Å². The van der Waals surface area contributed by atoms with Gasteiger partial charge in [0.2, 0.25) is 0 Å². The van der Waals surface area contributed by atoms with Gasteiger partial charge in [-0.2, -0.15) is 14.6 Å². The molecule has 0 saturated heterocycles. The molecule has 10 heteroatoms. The van der Waals surface area contributed by atoms with Gasteiger partial charge in [-0.25, -0.2) is 4.68 Å². The van der Waals surface area contributed by atoms with Gasteiger partial charge in [0, 0.05) is 10.6 Å². The molecule has 3 heterocycles. The first-order chi connectivity index (χ1) is 14.6. The van der Waals surface area contributed by atoms with Gasteiger partial charge >= 0.3 is 5.97 Å². The van der Waals surface area contributed by atoms with E-state index in [9.17, 15) is 4.79 Å². The fourth-order valence-electron chi connectivity index (χ4n) is 3.14. The lowest BCUT2D eigenvalue weighted by Crippen LogP contribution is -2.06. The number of halogens is 1. The van der Waals surface area contributed by atoms with E-state index in [1.165, 1.54) is 7.11 Å². The molecule has 0 atom stereocenters. The topological polar surface area (TPSA) is 100 Å². The Morgan fingerprint density at radius 2 is 1.80 bits per heavy atom. The summed E-state index contributed by atoms with van der Waals surface area (Å²) in [6.07, 6.45) is -0.0476. The van der Waals surface area contributed by atoms with E-state index in [2.05, 4.69) is 25.4 Å². The molecule has 0 N–H and O–H groups in total. The Morgan fingerprint density at radius 1 is 1.03 bits per heavy atom. The molecule has 9 nitrogen and oxygen atoms in total. The molecule has 3 aromatic heterocycles. The van der Waals surface area contributed by atoms with Crippen molar-refractivity contribution in [1.29, 1.82) is 0 Å².